The van der Waals surface area contributed by atoms with Crippen molar-refractivity contribution in [3.63, 3.8) is 0 Å². The van der Waals surface area contributed by atoms with Gasteiger partial charge in [0.25, 0.3) is 0 Å². The molecule has 6 amide bonds. The number of carboxylic acid groups (broad SMARTS) is 1. The monoisotopic (exact) mass is 2150 g/mol. The van der Waals surface area contributed by atoms with Crippen LogP contribution >= 0.6 is 13.6 Å². The number of fused-ring (bicyclic) bond motifs is 5. The molecule has 31 nitrogen and oxygen atoms in total. The first-order valence-corrected chi connectivity index (χ1v) is 57.9. The molecule has 0 aromatic heterocycles. The van der Waals surface area contributed by atoms with Crippen LogP contribution < -0.4 is 29.0 Å². The molecule has 5 spiro atoms. The summed E-state index contributed by atoms with van der Waals surface area (Å²) in [6.07, 6.45) is 15.4. The van der Waals surface area contributed by atoms with E-state index in [1.54, 1.807) is 55.4 Å². The van der Waals surface area contributed by atoms with Crippen molar-refractivity contribution in [2.24, 2.45) is 0 Å². The number of aliphatic carboxylic acids is 1. The van der Waals surface area contributed by atoms with Crippen LogP contribution in [-0.4, -0.2) is 258 Å². The molecule has 790 valence electrons. The molecule has 0 atom stereocenters. The summed E-state index contributed by atoms with van der Waals surface area (Å²) in [7, 11) is -5.85. The van der Waals surface area contributed by atoms with E-state index in [9.17, 15) is 69.8 Å². The first-order chi connectivity index (χ1) is 68.2. The molecule has 0 aliphatic carbocycles. The number of carbonyl (C=O) groups excluding carboxylic acids is 8. The molecule has 0 saturated carbocycles. The number of rotatable bonds is 16. The second-order valence-corrected chi connectivity index (χ2v) is 42.0. The van der Waals surface area contributed by atoms with Crippen LogP contribution in [0.1, 0.15) is 242 Å². The van der Waals surface area contributed by atoms with Gasteiger partial charge >= 0.3 is 81.9 Å². The van der Waals surface area contributed by atoms with E-state index < -0.39 is 84.2 Å². The van der Waals surface area contributed by atoms with E-state index in [0.29, 0.717) is 123 Å². The Kier molecular flexibility index (Phi) is 41.1. The number of hydrogen-bond acceptors (Lipinski definition) is 24. The molecule has 15 rings (SSSR count). The van der Waals surface area contributed by atoms with Crippen molar-refractivity contribution in [1.82, 2.24) is 34.7 Å². The van der Waals surface area contributed by atoms with E-state index in [0.717, 1.165) is 101 Å². The number of para-hydroxylation sites is 5. The Morgan fingerprint density at radius 1 is 0.393 bits per heavy atom. The van der Waals surface area contributed by atoms with Crippen molar-refractivity contribution in [2.75, 3.05) is 105 Å². The van der Waals surface area contributed by atoms with Crippen molar-refractivity contribution in [2.45, 2.75) is 270 Å². The summed E-state index contributed by atoms with van der Waals surface area (Å²) < 4.78 is 129. The molecule has 145 heavy (non-hydrogen) atoms. The van der Waals surface area contributed by atoms with E-state index in [1.165, 1.54) is 45.5 Å². The van der Waals surface area contributed by atoms with Crippen LogP contribution in [0.15, 0.2) is 152 Å². The quantitative estimate of drug-likeness (QED) is 0.0231. The molecule has 10 aliphatic rings. The van der Waals surface area contributed by atoms with Crippen LogP contribution in [0.25, 0.3) is 28.1 Å². The Labute approximate surface area is 868 Å². The fourth-order valence-corrected chi connectivity index (χ4v) is 18.5. The zero-order chi connectivity index (χ0) is 107. The maximum absolute atomic E-state index is 12.8. The van der Waals surface area contributed by atoms with Gasteiger partial charge in [-0.15, -0.1) is 0 Å². The van der Waals surface area contributed by atoms with Gasteiger partial charge in [-0.2, -0.15) is 21.6 Å². The Morgan fingerprint density at radius 3 is 0.890 bits per heavy atom. The Bertz CT molecular complexity index is 5590. The summed E-state index contributed by atoms with van der Waals surface area (Å²) in [5, 5.41) is 12.6. The van der Waals surface area contributed by atoms with E-state index >= 15 is 0 Å². The number of likely N-dealkylation sites (tertiary alicyclic amines) is 4. The SMILES string of the molecule is CC(C)(C)OC(=O)N1CCC2(C=C(CC(=O)O)c3ccccc3O2)CC1.CC(C)(C)OC(=O)N1CCC2(C=C(OS(=O)(=O)C(F)(F)F)c3ccccc3O2)CC1.CCN(CC)C(=O)CC1=CC2(CCN(C(=O)OC(C)(C)C)CC2)Oc2ccccc21.CCN(CC)C(=O)CC1=CC2(CCNCC2)Oc2ccccc21.CCOC(=O)CC1=CC2(CCN(C(=O)OC(C)(C)C)CC2)Oc2ccccc21.[CH2-]C(=O)OCC.[Zn+][Br]. The topological polar surface area (TPSA) is 350 Å². The summed E-state index contributed by atoms with van der Waals surface area (Å²) in [6.45, 7) is 45.8. The van der Waals surface area contributed by atoms with E-state index in [1.807, 2.05) is 197 Å². The third-order valence-corrected chi connectivity index (χ3v) is 25.9. The number of nitrogens with zero attached hydrogens (tertiary/aromatic N) is 6. The molecule has 37 heteroatoms. The van der Waals surface area contributed by atoms with Gasteiger partial charge < -0.3 is 96.1 Å². The number of carboxylic acids is 1. The number of hydrogen-bond donors (Lipinski definition) is 2. The van der Waals surface area contributed by atoms with Crippen molar-refractivity contribution in [3.05, 3.63) is 186 Å². The maximum atomic E-state index is 12.8. The molecule has 2 N–H and O–H groups in total. The molecular weight excluding hydrogens is 2010 g/mol. The molecule has 0 bridgehead atoms. The van der Waals surface area contributed by atoms with E-state index in [-0.39, 0.29) is 91.8 Å². The molecule has 0 unspecified atom stereocenters. The van der Waals surface area contributed by atoms with Crippen LogP contribution in [0.3, 0.4) is 0 Å². The molecule has 5 saturated heterocycles. The summed E-state index contributed by atoms with van der Waals surface area (Å²) in [5.41, 5.74) is -2.99. The van der Waals surface area contributed by atoms with E-state index in [2.05, 4.69) is 59.1 Å². The first kappa shape index (κ1) is 117. The van der Waals surface area contributed by atoms with Crippen LogP contribution in [0.5, 0.6) is 28.7 Å². The third kappa shape index (κ3) is 33.6. The van der Waals surface area contributed by atoms with Crippen molar-refractivity contribution in [3.8, 4) is 28.7 Å². The third-order valence-electron chi connectivity index (χ3n) is 25.0. The number of ether oxygens (including phenoxy) is 11. The summed E-state index contributed by atoms with van der Waals surface area (Å²) in [6, 6.07) is 37.3. The fraction of sp³-hybridized carbons (Fsp3) is 0.537. The fourth-order valence-electron chi connectivity index (χ4n) is 18.1. The van der Waals surface area contributed by atoms with Crippen LogP contribution in [0, 0.1) is 6.92 Å². The normalized spacial score (nSPS) is 17.7. The number of benzene rings is 5. The number of halogens is 4. The van der Waals surface area contributed by atoms with E-state index in [4.69, 9.17) is 47.4 Å². The Morgan fingerprint density at radius 2 is 0.641 bits per heavy atom. The molecule has 5 aromatic carbocycles. The predicted octanol–water partition coefficient (Wildman–Crippen LogP) is 20.5. The molecule has 5 aromatic rings. The van der Waals surface area contributed by atoms with Gasteiger partial charge in [-0.05, 0) is 221 Å². The molecule has 5 fully saturated rings. The number of piperidine rings is 5. The zero-order valence-corrected chi connectivity index (χ0v) is 92.4. The average Bonchev–Trinajstić information content (AvgIpc) is 0.762. The first-order valence-electron chi connectivity index (χ1n) is 49.5. The second kappa shape index (κ2) is 50.9. The zero-order valence-electron chi connectivity index (χ0n) is 87.0. The standard InChI is InChI=1S/C24H34N2O4.C22H29NO5.C20H25NO5.C19H22F3NO6S.C19H26N2O2.C4H7O2.BrH.Zn/c1-6-25(7-2)21(27)16-18-17-24(29-20-11-9-8-10-19(18)20)12-14-26(15-13-24)22(28)30-23(3,4)5;1-5-26-19(24)14-16-15-22(27-18-9-7-6-8-17(16)18)10-12-23(13-11-22)20(25)28-21(2,3)4;1-19(2,3)26-18(24)21-10-8-20(9-11-21)13-14(12-17(22)23)15-6-4-5-7-16(15)25-20;1-17(2,3)28-16(24)23-10-8-18(9-11-23)12-15(29-30(25,26)19(20,21)22)13-6-4-5-7-14(13)27-18;1-3-21(4-2)18(22)13-15-14-19(9-11-20-12-10-19)23-17-8-6-5-7-16(15)17;1-3-6-4(2)5;;/h8-11,17H,6-7,12-16H2,1-5H3;6-9,15H,5,10-14H2,1-4H3;4-7,13H,8-12H2,1-3H3,(H,22,23);4-7,12H,8-11H2,1-3H3;5-8,14,20H,3-4,9-13H2,1-2H3;2-3H2,1H3;1H;/q;;;;;-1;;+2/p-1. The average molecular weight is 2160 g/mol. The number of carbonyl (C=O) groups is 9. The summed E-state index contributed by atoms with van der Waals surface area (Å²) in [5.74, 6) is 1.72. The van der Waals surface area contributed by atoms with Gasteiger partial charge in [0, 0.05) is 171 Å². The molecule has 10 heterocycles. The van der Waals surface area contributed by atoms with Crippen LogP contribution in [-0.2, 0) is 83.0 Å². The number of nitrogens with one attached hydrogen (secondary N) is 1. The van der Waals surface area contributed by atoms with Gasteiger partial charge in [0.15, 0.2) is 11.7 Å². The van der Waals surface area contributed by atoms with Gasteiger partial charge in [0.2, 0.25) is 11.8 Å². The number of alkyl halides is 3. The summed E-state index contributed by atoms with van der Waals surface area (Å²) in [4.78, 5) is 118. The van der Waals surface area contributed by atoms with Crippen molar-refractivity contribution < 1.29 is 142 Å². The Hall–Kier alpha value is -11.3. The number of esters is 2. The minimum absolute atomic E-state index is 0.0437. The Balaban J connectivity index is 0.000000198. The van der Waals surface area contributed by atoms with Gasteiger partial charge in [0.05, 0.1) is 44.5 Å². The van der Waals surface area contributed by atoms with Crippen molar-refractivity contribution >= 4 is 106 Å². The molecular formula is C108H143BrF3N7O24SZn. The predicted molar refractivity (Wildman–Crippen MR) is 545 cm³/mol. The van der Waals surface area contributed by atoms with Crippen LogP contribution in [0.2, 0.25) is 0 Å². The van der Waals surface area contributed by atoms with Gasteiger partial charge in [-0.1, -0.05) is 84.9 Å². The van der Waals surface area contributed by atoms with Gasteiger partial charge in [-0.3, -0.25) is 30.9 Å². The molecule has 10 aliphatic heterocycles. The van der Waals surface area contributed by atoms with Gasteiger partial charge in [-0.25, -0.2) is 19.2 Å². The summed E-state index contributed by atoms with van der Waals surface area (Å²) >= 11 is 4.25. The minimum atomic E-state index is -5.85. The second-order valence-electron chi connectivity index (χ2n) is 40.4. The van der Waals surface area contributed by atoms with Gasteiger partial charge in [0.1, 0.15) is 79.2 Å². The van der Waals surface area contributed by atoms with Crippen molar-refractivity contribution in [1.29, 1.82) is 0 Å². The molecule has 0 radical (unpaired) electrons. The number of amides is 6. The van der Waals surface area contributed by atoms with Crippen LogP contribution in [0.4, 0.5) is 32.3 Å².